The van der Waals surface area contributed by atoms with Crippen molar-refractivity contribution in [1.82, 2.24) is 0 Å². The summed E-state index contributed by atoms with van der Waals surface area (Å²) >= 11 is 0. The van der Waals surface area contributed by atoms with E-state index in [1.165, 1.54) is 5.56 Å². The summed E-state index contributed by atoms with van der Waals surface area (Å²) in [5, 5.41) is 0. The van der Waals surface area contributed by atoms with Crippen LogP contribution in [0, 0.1) is 13.8 Å². The normalized spacial score (nSPS) is 10.1. The highest BCUT2D eigenvalue weighted by atomic mass is 16.5. The molecule has 0 atom stereocenters. The van der Waals surface area contributed by atoms with E-state index in [0.717, 1.165) is 50.8 Å². The molecule has 0 fully saturated rings. The number of ether oxygens (including phenoxy) is 4. The third kappa shape index (κ3) is 5.90. The van der Waals surface area contributed by atoms with Crippen LogP contribution in [0.25, 0.3) is 22.3 Å². The van der Waals surface area contributed by atoms with Crippen molar-refractivity contribution in [3.8, 4) is 45.3 Å². The monoisotopic (exact) mass is 456 g/mol. The van der Waals surface area contributed by atoms with Crippen molar-refractivity contribution in [2.45, 2.75) is 13.8 Å². The molecule has 0 spiro atoms. The van der Waals surface area contributed by atoms with Gasteiger partial charge in [-0.25, -0.2) is 0 Å². The fraction of sp³-hybridized carbons (Fsp3) is 0.200. The van der Waals surface area contributed by atoms with Crippen LogP contribution < -0.4 is 18.9 Å². The molecular formula is C30H32O4. The number of benzene rings is 4. The van der Waals surface area contributed by atoms with Crippen molar-refractivity contribution >= 4 is 0 Å². The molecule has 0 aliphatic heterocycles. The second-order valence-corrected chi connectivity index (χ2v) is 7.82. The topological polar surface area (TPSA) is 36.9 Å². The first-order chi connectivity index (χ1) is 16.5. The Bertz CT molecular complexity index is 1210. The van der Waals surface area contributed by atoms with Crippen LogP contribution in [0.5, 0.6) is 23.0 Å². The van der Waals surface area contributed by atoms with Crippen molar-refractivity contribution in [1.29, 1.82) is 0 Å². The smallest absolute Gasteiger partial charge is 0.126 e. The molecule has 0 N–H and O–H groups in total. The summed E-state index contributed by atoms with van der Waals surface area (Å²) < 4.78 is 21.2. The van der Waals surface area contributed by atoms with Crippen LogP contribution in [-0.4, -0.2) is 28.4 Å². The molecule has 4 heteroatoms. The van der Waals surface area contributed by atoms with E-state index in [9.17, 15) is 0 Å². The molecule has 0 unspecified atom stereocenters. The molecule has 0 bridgehead atoms. The maximum absolute atomic E-state index is 5.42. The number of para-hydroxylation sites is 1. The Morgan fingerprint density at radius 1 is 0.471 bits per heavy atom. The number of rotatable bonds is 6. The predicted octanol–water partition coefficient (Wildman–Crippen LogP) is 7.36. The summed E-state index contributed by atoms with van der Waals surface area (Å²) in [7, 11) is 6.74. The summed E-state index contributed by atoms with van der Waals surface area (Å²) in [5.41, 5.74) is 6.82. The summed E-state index contributed by atoms with van der Waals surface area (Å²) in [4.78, 5) is 0. The Morgan fingerprint density at radius 3 is 1.68 bits per heavy atom. The van der Waals surface area contributed by atoms with Crippen LogP contribution >= 0.6 is 0 Å². The molecular weight excluding hydrogens is 424 g/mol. The van der Waals surface area contributed by atoms with Gasteiger partial charge in [-0.3, -0.25) is 0 Å². The minimum Gasteiger partial charge on any atom is -0.497 e. The summed E-state index contributed by atoms with van der Waals surface area (Å²) in [6.45, 7) is 4.13. The molecule has 0 aromatic heterocycles. The molecule has 34 heavy (non-hydrogen) atoms. The Balaban J connectivity index is 0.000000192. The lowest BCUT2D eigenvalue weighted by Gasteiger charge is -2.12. The SMILES string of the molecule is COc1ccc(-c2cc(C)ccc2OC)cc1C.COc1ccc(-c2ccccc2OC)cc1. The molecule has 0 heterocycles. The lowest BCUT2D eigenvalue weighted by atomic mass is 10.0. The van der Waals surface area contributed by atoms with Crippen molar-refractivity contribution in [3.05, 3.63) is 96.1 Å². The van der Waals surface area contributed by atoms with E-state index in [0.29, 0.717) is 0 Å². The average molecular weight is 457 g/mol. The van der Waals surface area contributed by atoms with E-state index < -0.39 is 0 Å². The molecule has 0 aliphatic rings. The van der Waals surface area contributed by atoms with Crippen LogP contribution in [0.15, 0.2) is 84.9 Å². The molecule has 4 rings (SSSR count). The molecule has 4 nitrogen and oxygen atoms in total. The van der Waals surface area contributed by atoms with Gasteiger partial charge in [0.2, 0.25) is 0 Å². The summed E-state index contributed by atoms with van der Waals surface area (Å²) in [6.07, 6.45) is 0. The molecule has 0 radical (unpaired) electrons. The van der Waals surface area contributed by atoms with Gasteiger partial charge in [0.1, 0.15) is 23.0 Å². The molecule has 176 valence electrons. The molecule has 4 aromatic rings. The number of hydrogen-bond acceptors (Lipinski definition) is 4. The van der Waals surface area contributed by atoms with E-state index in [1.54, 1.807) is 28.4 Å². The second kappa shape index (κ2) is 11.8. The largest absolute Gasteiger partial charge is 0.497 e. The van der Waals surface area contributed by atoms with E-state index in [-0.39, 0.29) is 0 Å². The first-order valence-corrected chi connectivity index (χ1v) is 11.1. The highest BCUT2D eigenvalue weighted by Gasteiger charge is 2.08. The van der Waals surface area contributed by atoms with Crippen LogP contribution in [0.1, 0.15) is 11.1 Å². The van der Waals surface area contributed by atoms with Crippen LogP contribution in [0.3, 0.4) is 0 Å². The van der Waals surface area contributed by atoms with Gasteiger partial charge < -0.3 is 18.9 Å². The van der Waals surface area contributed by atoms with E-state index in [1.807, 2.05) is 67.6 Å². The Morgan fingerprint density at radius 2 is 1.06 bits per heavy atom. The molecule has 0 aliphatic carbocycles. The second-order valence-electron chi connectivity index (χ2n) is 7.82. The molecule has 0 amide bonds. The molecule has 0 saturated heterocycles. The van der Waals surface area contributed by atoms with Crippen LogP contribution in [0.2, 0.25) is 0 Å². The minimum absolute atomic E-state index is 0.860. The van der Waals surface area contributed by atoms with E-state index in [4.69, 9.17) is 18.9 Å². The number of methoxy groups -OCH3 is 4. The first kappa shape index (κ1) is 24.7. The summed E-state index contributed by atoms with van der Waals surface area (Å²) in [6, 6.07) is 28.3. The van der Waals surface area contributed by atoms with Crippen molar-refractivity contribution in [2.24, 2.45) is 0 Å². The van der Waals surface area contributed by atoms with Gasteiger partial charge in [0.15, 0.2) is 0 Å². The Labute approximate surface area is 202 Å². The number of hydrogen-bond donors (Lipinski definition) is 0. The zero-order valence-electron chi connectivity index (χ0n) is 20.7. The van der Waals surface area contributed by atoms with Gasteiger partial charge in [0, 0.05) is 11.1 Å². The quantitative estimate of drug-likeness (QED) is 0.304. The highest BCUT2D eigenvalue weighted by Crippen LogP contribution is 2.33. The zero-order valence-corrected chi connectivity index (χ0v) is 20.7. The van der Waals surface area contributed by atoms with Gasteiger partial charge in [-0.15, -0.1) is 0 Å². The third-order valence-corrected chi connectivity index (χ3v) is 5.57. The van der Waals surface area contributed by atoms with Gasteiger partial charge >= 0.3 is 0 Å². The minimum atomic E-state index is 0.860. The third-order valence-electron chi connectivity index (χ3n) is 5.57. The Kier molecular flexibility index (Phi) is 8.58. The lowest BCUT2D eigenvalue weighted by Crippen LogP contribution is -1.91. The van der Waals surface area contributed by atoms with Crippen molar-refractivity contribution in [3.63, 3.8) is 0 Å². The zero-order chi connectivity index (χ0) is 24.5. The highest BCUT2D eigenvalue weighted by molar-refractivity contribution is 5.73. The molecule has 0 saturated carbocycles. The lowest BCUT2D eigenvalue weighted by molar-refractivity contribution is 0.411. The fourth-order valence-corrected chi connectivity index (χ4v) is 3.75. The van der Waals surface area contributed by atoms with E-state index >= 15 is 0 Å². The first-order valence-electron chi connectivity index (χ1n) is 11.1. The van der Waals surface area contributed by atoms with Crippen molar-refractivity contribution in [2.75, 3.05) is 28.4 Å². The Hall–Kier alpha value is -3.92. The van der Waals surface area contributed by atoms with Gasteiger partial charge in [-0.1, -0.05) is 48.0 Å². The summed E-state index contributed by atoms with van der Waals surface area (Å²) in [5.74, 6) is 3.54. The van der Waals surface area contributed by atoms with Crippen LogP contribution in [0.4, 0.5) is 0 Å². The average Bonchev–Trinajstić information content (AvgIpc) is 2.89. The standard InChI is InChI=1S/C16H18O2.C14H14O2/c1-11-5-7-16(18-4)14(9-11)13-6-8-15(17-3)12(2)10-13;1-15-12-9-7-11(8-10-12)13-5-3-4-6-14(13)16-2/h5-10H,1-4H3;3-10H,1-2H3. The van der Waals surface area contributed by atoms with Gasteiger partial charge in [0.05, 0.1) is 28.4 Å². The fourth-order valence-electron chi connectivity index (χ4n) is 3.75. The maximum Gasteiger partial charge on any atom is 0.126 e. The predicted molar refractivity (Wildman–Crippen MR) is 139 cm³/mol. The number of aryl methyl sites for hydroxylation is 2. The maximum atomic E-state index is 5.42. The van der Waals surface area contributed by atoms with Gasteiger partial charge in [-0.2, -0.15) is 0 Å². The van der Waals surface area contributed by atoms with Crippen LogP contribution in [-0.2, 0) is 0 Å². The molecule has 4 aromatic carbocycles. The van der Waals surface area contributed by atoms with E-state index in [2.05, 4.69) is 31.2 Å². The van der Waals surface area contributed by atoms with Crippen molar-refractivity contribution < 1.29 is 18.9 Å². The van der Waals surface area contributed by atoms with Gasteiger partial charge in [0.25, 0.3) is 0 Å². The van der Waals surface area contributed by atoms with Gasteiger partial charge in [-0.05, 0) is 73.0 Å².